The van der Waals surface area contributed by atoms with Gasteiger partial charge in [0.05, 0.1) is 19.0 Å². The van der Waals surface area contributed by atoms with Crippen LogP contribution in [-0.2, 0) is 6.54 Å². The Bertz CT molecular complexity index is 1190. The maximum Gasteiger partial charge on any atom is 0.280 e. The summed E-state index contributed by atoms with van der Waals surface area (Å²) >= 11 is 0. The summed E-state index contributed by atoms with van der Waals surface area (Å²) in [4.78, 5) is 21.1. The number of rotatable bonds is 6. The van der Waals surface area contributed by atoms with Crippen LogP contribution in [0.4, 0.5) is 8.78 Å². The molecule has 0 aliphatic heterocycles. The molecule has 0 spiro atoms. The number of para-hydroxylation sites is 1. The number of nitrogens with zero attached hydrogens (tertiary/aromatic N) is 4. The van der Waals surface area contributed by atoms with Gasteiger partial charge in [-0.05, 0) is 29.8 Å². The van der Waals surface area contributed by atoms with E-state index in [0.29, 0.717) is 11.3 Å². The van der Waals surface area contributed by atoms with Crippen molar-refractivity contribution in [2.75, 3.05) is 7.11 Å². The van der Waals surface area contributed by atoms with Crippen LogP contribution >= 0.6 is 0 Å². The Morgan fingerprint density at radius 1 is 1.20 bits per heavy atom. The number of amides is 1. The first-order valence-electron chi connectivity index (χ1n) is 9.06. The number of fused-ring (bicyclic) bond motifs is 1. The van der Waals surface area contributed by atoms with E-state index >= 15 is 0 Å². The zero-order valence-corrected chi connectivity index (χ0v) is 15.9. The molecule has 4 rings (SSSR count). The average Bonchev–Trinajstić information content (AvgIpc) is 3.21. The number of benzene rings is 1. The van der Waals surface area contributed by atoms with E-state index in [1.165, 1.54) is 19.4 Å². The van der Waals surface area contributed by atoms with Crippen LogP contribution < -0.4 is 10.1 Å². The highest BCUT2D eigenvalue weighted by atomic mass is 19.3. The molecule has 1 N–H and O–H groups in total. The number of hydrogen-bond acceptors (Lipinski definition) is 5. The number of pyridine rings is 1. The minimum atomic E-state index is -2.81. The molecule has 0 unspecified atom stereocenters. The molecule has 1 amide bonds. The Morgan fingerprint density at radius 3 is 2.77 bits per heavy atom. The van der Waals surface area contributed by atoms with Crippen LogP contribution in [0.25, 0.3) is 16.9 Å². The van der Waals surface area contributed by atoms with E-state index in [1.54, 1.807) is 42.7 Å². The summed E-state index contributed by atoms with van der Waals surface area (Å²) in [7, 11) is 1.49. The number of methoxy groups -OCH3 is 1. The van der Waals surface area contributed by atoms with E-state index in [0.717, 1.165) is 10.1 Å². The lowest BCUT2D eigenvalue weighted by Crippen LogP contribution is -2.23. The Labute approximate surface area is 170 Å². The topological polar surface area (TPSA) is 81.4 Å². The maximum absolute atomic E-state index is 13.7. The maximum atomic E-state index is 13.7. The predicted molar refractivity (Wildman–Crippen MR) is 105 cm³/mol. The van der Waals surface area contributed by atoms with E-state index in [1.807, 2.05) is 6.07 Å². The van der Waals surface area contributed by atoms with Crippen LogP contribution in [0.1, 0.15) is 28.0 Å². The number of nitrogens with one attached hydrogen (secondary N) is 1. The van der Waals surface area contributed by atoms with Crippen molar-refractivity contribution in [3.05, 3.63) is 77.9 Å². The summed E-state index contributed by atoms with van der Waals surface area (Å²) in [5, 5.41) is 6.70. The average molecular weight is 409 g/mol. The monoisotopic (exact) mass is 409 g/mol. The van der Waals surface area contributed by atoms with Gasteiger partial charge in [-0.2, -0.15) is 5.10 Å². The minimum absolute atomic E-state index is 0.0393. The Balaban J connectivity index is 1.76. The highest BCUT2D eigenvalue weighted by molar-refractivity contribution is 5.99. The van der Waals surface area contributed by atoms with E-state index in [-0.39, 0.29) is 29.1 Å². The SMILES string of the molecule is COc1ccccc1-c1cc(C(F)F)n2ncc(C(=O)NCc3cccnc3)c2n1. The zero-order chi connectivity index (χ0) is 21.1. The van der Waals surface area contributed by atoms with Crippen molar-refractivity contribution < 1.29 is 18.3 Å². The fourth-order valence-electron chi connectivity index (χ4n) is 3.08. The van der Waals surface area contributed by atoms with Crippen LogP contribution in [0.5, 0.6) is 5.75 Å². The first-order valence-corrected chi connectivity index (χ1v) is 9.06. The summed E-state index contributed by atoms with van der Waals surface area (Å²) in [6, 6.07) is 11.8. The van der Waals surface area contributed by atoms with Crippen molar-refractivity contribution in [1.82, 2.24) is 24.9 Å². The Morgan fingerprint density at radius 2 is 2.03 bits per heavy atom. The van der Waals surface area contributed by atoms with Gasteiger partial charge in [0, 0.05) is 24.5 Å². The van der Waals surface area contributed by atoms with Gasteiger partial charge in [-0.3, -0.25) is 9.78 Å². The third kappa shape index (κ3) is 3.69. The number of aromatic nitrogens is 4. The molecule has 3 heterocycles. The molecule has 4 aromatic rings. The molecule has 7 nitrogen and oxygen atoms in total. The second-order valence-corrected chi connectivity index (χ2v) is 6.40. The smallest absolute Gasteiger partial charge is 0.280 e. The fraction of sp³-hybridized carbons (Fsp3) is 0.143. The summed E-state index contributed by atoms with van der Waals surface area (Å²) in [5.41, 5.74) is 1.37. The van der Waals surface area contributed by atoms with E-state index in [2.05, 4.69) is 20.4 Å². The number of alkyl halides is 2. The molecular weight excluding hydrogens is 392 g/mol. The number of hydrogen-bond donors (Lipinski definition) is 1. The highest BCUT2D eigenvalue weighted by Gasteiger charge is 2.22. The second kappa shape index (κ2) is 8.24. The lowest BCUT2D eigenvalue weighted by atomic mass is 10.1. The lowest BCUT2D eigenvalue weighted by Gasteiger charge is -2.11. The van der Waals surface area contributed by atoms with Gasteiger partial charge in [0.25, 0.3) is 12.3 Å². The van der Waals surface area contributed by atoms with E-state index < -0.39 is 12.3 Å². The largest absolute Gasteiger partial charge is 0.496 e. The number of halogens is 2. The molecule has 0 bridgehead atoms. The molecule has 0 atom stereocenters. The van der Waals surface area contributed by atoms with Crippen molar-refractivity contribution in [3.63, 3.8) is 0 Å². The molecule has 30 heavy (non-hydrogen) atoms. The van der Waals surface area contributed by atoms with Crippen molar-refractivity contribution in [3.8, 4) is 17.0 Å². The van der Waals surface area contributed by atoms with Crippen LogP contribution in [0.15, 0.2) is 61.1 Å². The summed E-state index contributed by atoms with van der Waals surface area (Å²) in [6.45, 7) is 0.234. The molecule has 9 heteroatoms. The van der Waals surface area contributed by atoms with Gasteiger partial charge in [-0.1, -0.05) is 18.2 Å². The zero-order valence-electron chi connectivity index (χ0n) is 15.9. The Kier molecular flexibility index (Phi) is 5.34. The van der Waals surface area contributed by atoms with Gasteiger partial charge < -0.3 is 10.1 Å². The first kappa shape index (κ1) is 19.4. The van der Waals surface area contributed by atoms with Crippen molar-refractivity contribution in [2.45, 2.75) is 13.0 Å². The van der Waals surface area contributed by atoms with Crippen LogP contribution in [0.2, 0.25) is 0 Å². The third-order valence-corrected chi connectivity index (χ3v) is 4.53. The molecule has 0 aliphatic rings. The quantitative estimate of drug-likeness (QED) is 0.526. The van der Waals surface area contributed by atoms with Crippen molar-refractivity contribution in [1.29, 1.82) is 0 Å². The van der Waals surface area contributed by atoms with Crippen LogP contribution in [0, 0.1) is 0 Å². The number of carbonyl (C=O) groups excluding carboxylic acids is 1. The fourth-order valence-corrected chi connectivity index (χ4v) is 3.08. The number of ether oxygens (including phenoxy) is 1. The molecule has 3 aromatic heterocycles. The predicted octanol–water partition coefficient (Wildman–Crippen LogP) is 3.67. The van der Waals surface area contributed by atoms with Gasteiger partial charge in [-0.25, -0.2) is 18.3 Å². The van der Waals surface area contributed by atoms with Gasteiger partial charge >= 0.3 is 0 Å². The second-order valence-electron chi connectivity index (χ2n) is 6.40. The molecule has 152 valence electrons. The third-order valence-electron chi connectivity index (χ3n) is 4.53. The minimum Gasteiger partial charge on any atom is -0.496 e. The van der Waals surface area contributed by atoms with E-state index in [9.17, 15) is 13.6 Å². The summed E-state index contributed by atoms with van der Waals surface area (Å²) in [6.07, 6.45) is 1.68. The van der Waals surface area contributed by atoms with Crippen molar-refractivity contribution >= 4 is 11.6 Å². The standard InChI is InChI=1S/C21H17F2N5O2/c1-30-18-7-3-2-6-14(18)16-9-17(19(22)23)28-20(27-16)15(12-26-28)21(29)25-11-13-5-4-8-24-10-13/h2-10,12,19H,11H2,1H3,(H,25,29). The molecule has 0 saturated heterocycles. The molecule has 1 aromatic carbocycles. The van der Waals surface area contributed by atoms with Crippen LogP contribution in [0.3, 0.4) is 0 Å². The lowest BCUT2D eigenvalue weighted by molar-refractivity contribution is 0.0952. The Hall–Kier alpha value is -3.88. The van der Waals surface area contributed by atoms with Gasteiger partial charge in [-0.15, -0.1) is 0 Å². The number of carbonyl (C=O) groups is 1. The molecule has 0 saturated carbocycles. The van der Waals surface area contributed by atoms with Gasteiger partial charge in [0.15, 0.2) is 5.65 Å². The summed E-state index contributed by atoms with van der Waals surface area (Å²) < 4.78 is 33.8. The highest BCUT2D eigenvalue weighted by Crippen LogP contribution is 2.32. The molecule has 0 fully saturated rings. The van der Waals surface area contributed by atoms with Crippen LogP contribution in [-0.4, -0.2) is 32.6 Å². The van der Waals surface area contributed by atoms with Crippen molar-refractivity contribution in [2.24, 2.45) is 0 Å². The summed E-state index contributed by atoms with van der Waals surface area (Å²) in [5.74, 6) is 0.00964. The molecular formula is C21H17F2N5O2. The molecule has 0 aliphatic carbocycles. The van der Waals surface area contributed by atoms with E-state index in [4.69, 9.17) is 4.74 Å². The molecule has 0 radical (unpaired) electrons. The van der Waals surface area contributed by atoms with Gasteiger partial charge in [0.1, 0.15) is 17.0 Å². The first-order chi connectivity index (χ1) is 14.6. The normalized spacial score (nSPS) is 11.1. The van der Waals surface area contributed by atoms with Gasteiger partial charge in [0.2, 0.25) is 0 Å².